The first-order valence-electron chi connectivity index (χ1n) is 12.9. The number of aryl methyl sites for hydroxylation is 1. The molecule has 7 heteroatoms. The third-order valence-electron chi connectivity index (χ3n) is 7.43. The average molecular weight is 483 g/mol. The van der Waals surface area contributed by atoms with Crippen LogP contribution in [0.5, 0.6) is 0 Å². The van der Waals surface area contributed by atoms with Gasteiger partial charge in [-0.1, -0.05) is 44.2 Å². The van der Waals surface area contributed by atoms with Crippen molar-refractivity contribution in [2.24, 2.45) is 5.92 Å². The van der Waals surface area contributed by atoms with E-state index in [-0.39, 0.29) is 11.1 Å². The smallest absolute Gasteiger partial charge is 0.333 e. The molecule has 1 aromatic heterocycles. The number of esters is 1. The van der Waals surface area contributed by atoms with Crippen LogP contribution in [-0.4, -0.2) is 23.6 Å². The van der Waals surface area contributed by atoms with Crippen LogP contribution in [0, 0.1) is 11.7 Å². The summed E-state index contributed by atoms with van der Waals surface area (Å²) in [7, 11) is 1.23. The maximum atomic E-state index is 13.7. The monoisotopic (exact) mass is 482 g/mol. The Kier molecular flexibility index (Phi) is 8.37. The van der Waals surface area contributed by atoms with E-state index in [0.717, 1.165) is 62.6 Å². The van der Waals surface area contributed by atoms with Gasteiger partial charge < -0.3 is 14.6 Å². The van der Waals surface area contributed by atoms with E-state index in [4.69, 9.17) is 4.74 Å². The number of carbonyl (C=O) groups excluding carboxylic acids is 2. The summed E-state index contributed by atoms with van der Waals surface area (Å²) in [6.45, 7) is 0.640. The van der Waals surface area contributed by atoms with Gasteiger partial charge in [0, 0.05) is 12.2 Å². The molecule has 1 N–H and O–H groups in total. The van der Waals surface area contributed by atoms with E-state index in [1.54, 1.807) is 6.07 Å². The van der Waals surface area contributed by atoms with Crippen LogP contribution in [0.4, 0.5) is 4.39 Å². The Morgan fingerprint density at radius 3 is 2.37 bits per heavy atom. The van der Waals surface area contributed by atoms with Gasteiger partial charge in [0.15, 0.2) is 6.04 Å². The maximum absolute atomic E-state index is 13.7. The Balaban J connectivity index is 1.70. The zero-order valence-electron chi connectivity index (χ0n) is 20.5. The van der Waals surface area contributed by atoms with Crippen LogP contribution >= 0.6 is 0 Å². The second-order valence-electron chi connectivity index (χ2n) is 9.85. The molecule has 1 atom stereocenters. The normalized spacial score (nSPS) is 17.5. The number of carbonyl (C=O) groups is 2. The van der Waals surface area contributed by atoms with Gasteiger partial charge in [-0.3, -0.25) is 9.59 Å². The first-order valence-corrected chi connectivity index (χ1v) is 12.9. The topological polar surface area (TPSA) is 77.4 Å². The van der Waals surface area contributed by atoms with Crippen LogP contribution in [0.1, 0.15) is 91.0 Å². The average Bonchev–Trinajstić information content (AvgIpc) is 2.85. The van der Waals surface area contributed by atoms with Gasteiger partial charge in [-0.2, -0.15) is 0 Å². The summed E-state index contributed by atoms with van der Waals surface area (Å²) in [5, 5.41) is 2.68. The van der Waals surface area contributed by atoms with Crippen LogP contribution in [0.15, 0.2) is 35.1 Å². The number of hydrogen-bond donors (Lipinski definition) is 1. The fourth-order valence-corrected chi connectivity index (χ4v) is 5.48. The van der Waals surface area contributed by atoms with E-state index in [0.29, 0.717) is 18.0 Å². The summed E-state index contributed by atoms with van der Waals surface area (Å²) in [5.74, 6) is -1.30. The van der Waals surface area contributed by atoms with E-state index in [2.05, 4.69) is 5.32 Å². The lowest BCUT2D eigenvalue weighted by atomic mass is 9.88. The summed E-state index contributed by atoms with van der Waals surface area (Å²) < 4.78 is 20.2. The number of aromatic nitrogens is 1. The van der Waals surface area contributed by atoms with Crippen molar-refractivity contribution in [2.45, 2.75) is 83.2 Å². The number of halogens is 1. The molecule has 0 aliphatic heterocycles. The predicted molar refractivity (Wildman–Crippen MR) is 132 cm³/mol. The predicted octanol–water partition coefficient (Wildman–Crippen LogP) is 4.87. The van der Waals surface area contributed by atoms with Crippen molar-refractivity contribution < 1.29 is 18.7 Å². The Bertz CT molecular complexity index is 1100. The summed E-state index contributed by atoms with van der Waals surface area (Å²) in [5.41, 5.74) is 2.27. The minimum Gasteiger partial charge on any atom is -0.467 e. The number of ether oxygens (including phenoxy) is 1. The Morgan fingerprint density at radius 1 is 1.03 bits per heavy atom. The lowest BCUT2D eigenvalue weighted by molar-refractivity contribution is -0.143. The van der Waals surface area contributed by atoms with Crippen molar-refractivity contribution in [3.05, 3.63) is 68.9 Å². The molecule has 1 saturated carbocycles. The molecule has 35 heavy (non-hydrogen) atoms. The SMILES string of the molecule is COC(=O)C(NC(=O)c1cc2c(n(CC3CCCCC3)c1=O)CCCCCC2)c1ccc(F)cc1. The van der Waals surface area contributed by atoms with E-state index in [9.17, 15) is 18.8 Å². The first-order chi connectivity index (χ1) is 17.0. The zero-order chi connectivity index (χ0) is 24.8. The molecule has 1 unspecified atom stereocenters. The summed E-state index contributed by atoms with van der Waals surface area (Å²) >= 11 is 0. The van der Waals surface area contributed by atoms with Gasteiger partial charge in [0.25, 0.3) is 11.5 Å². The molecular formula is C28H35FN2O4. The fourth-order valence-electron chi connectivity index (χ4n) is 5.48. The van der Waals surface area contributed by atoms with Crippen molar-refractivity contribution in [3.8, 4) is 0 Å². The molecule has 0 saturated heterocycles. The minimum atomic E-state index is -1.14. The molecule has 0 spiro atoms. The fraction of sp³-hybridized carbons (Fsp3) is 0.536. The standard InChI is InChI=1S/C28H35FN2O4/c1-35-28(34)25(20-13-15-22(29)16-14-20)30-26(32)23-17-21-11-7-2-3-8-12-24(21)31(27(23)33)18-19-9-5-4-6-10-19/h13-17,19,25H,2-12,18H2,1H3,(H,30,32). The number of rotatable bonds is 6. The highest BCUT2D eigenvalue weighted by molar-refractivity contribution is 5.97. The molecule has 1 heterocycles. The third kappa shape index (κ3) is 6.00. The minimum absolute atomic E-state index is 0.0520. The number of fused-ring (bicyclic) bond motifs is 1. The highest BCUT2D eigenvalue weighted by Gasteiger charge is 2.28. The van der Waals surface area contributed by atoms with Gasteiger partial charge in [0.2, 0.25) is 0 Å². The molecule has 2 aliphatic carbocycles. The van der Waals surface area contributed by atoms with Gasteiger partial charge in [0.05, 0.1) is 7.11 Å². The van der Waals surface area contributed by atoms with Crippen molar-refractivity contribution in [1.82, 2.24) is 9.88 Å². The molecule has 6 nitrogen and oxygen atoms in total. The van der Waals surface area contributed by atoms with Crippen LogP contribution in [0.2, 0.25) is 0 Å². The molecule has 2 aromatic rings. The van der Waals surface area contributed by atoms with Crippen molar-refractivity contribution >= 4 is 11.9 Å². The van der Waals surface area contributed by atoms with Gasteiger partial charge in [-0.05, 0) is 73.8 Å². The largest absolute Gasteiger partial charge is 0.467 e. The van der Waals surface area contributed by atoms with Gasteiger partial charge in [0.1, 0.15) is 11.4 Å². The van der Waals surface area contributed by atoms with Crippen molar-refractivity contribution in [1.29, 1.82) is 0 Å². The van der Waals surface area contributed by atoms with E-state index >= 15 is 0 Å². The second-order valence-corrected chi connectivity index (χ2v) is 9.85. The molecule has 188 valence electrons. The summed E-state index contributed by atoms with van der Waals surface area (Å²) in [6, 6.07) is 5.90. The molecule has 1 aromatic carbocycles. The maximum Gasteiger partial charge on any atom is 0.333 e. The summed E-state index contributed by atoms with van der Waals surface area (Å²) in [6.07, 6.45) is 11.8. The van der Waals surface area contributed by atoms with E-state index < -0.39 is 23.7 Å². The van der Waals surface area contributed by atoms with Crippen molar-refractivity contribution in [3.63, 3.8) is 0 Å². The quantitative estimate of drug-likeness (QED) is 0.596. The lowest BCUT2D eigenvalue weighted by Crippen LogP contribution is -2.40. The Hall–Kier alpha value is -2.96. The van der Waals surface area contributed by atoms with Gasteiger partial charge in [-0.15, -0.1) is 0 Å². The Morgan fingerprint density at radius 2 is 1.69 bits per heavy atom. The molecule has 2 aliphatic rings. The molecular weight excluding hydrogens is 447 g/mol. The van der Waals surface area contributed by atoms with E-state index in [1.807, 2.05) is 4.57 Å². The number of pyridine rings is 1. The number of amides is 1. The molecule has 1 amide bonds. The van der Waals surface area contributed by atoms with Crippen LogP contribution in [0.3, 0.4) is 0 Å². The first kappa shape index (κ1) is 25.1. The number of nitrogens with zero attached hydrogens (tertiary/aromatic N) is 1. The number of hydrogen-bond acceptors (Lipinski definition) is 4. The Labute approximate surface area is 205 Å². The van der Waals surface area contributed by atoms with E-state index in [1.165, 1.54) is 50.6 Å². The molecule has 0 radical (unpaired) electrons. The molecule has 0 bridgehead atoms. The van der Waals surface area contributed by atoms with Crippen LogP contribution in [0.25, 0.3) is 0 Å². The van der Waals surface area contributed by atoms with Gasteiger partial charge >= 0.3 is 5.97 Å². The lowest BCUT2D eigenvalue weighted by Gasteiger charge is -2.27. The molecule has 1 fully saturated rings. The van der Waals surface area contributed by atoms with Gasteiger partial charge in [-0.25, -0.2) is 9.18 Å². The molecule has 4 rings (SSSR count). The highest BCUT2D eigenvalue weighted by Crippen LogP contribution is 2.27. The second kappa shape index (κ2) is 11.6. The zero-order valence-corrected chi connectivity index (χ0v) is 20.5. The summed E-state index contributed by atoms with van der Waals surface area (Å²) in [4.78, 5) is 39.6. The van der Waals surface area contributed by atoms with Crippen LogP contribution < -0.4 is 10.9 Å². The number of benzene rings is 1. The highest BCUT2D eigenvalue weighted by atomic mass is 19.1. The van der Waals surface area contributed by atoms with Crippen molar-refractivity contribution in [2.75, 3.05) is 7.11 Å². The van der Waals surface area contributed by atoms with Crippen LogP contribution in [-0.2, 0) is 28.9 Å². The number of methoxy groups -OCH3 is 1. The number of nitrogens with one attached hydrogen (secondary N) is 1. The third-order valence-corrected chi connectivity index (χ3v) is 7.43.